The molecule has 3 aliphatic heterocycles. The average Bonchev–Trinajstić information content (AvgIpc) is 3.73. The monoisotopic (exact) mass is 601 g/mol. The lowest BCUT2D eigenvalue weighted by Crippen LogP contribution is -2.58. The third kappa shape index (κ3) is 3.05. The summed E-state index contributed by atoms with van der Waals surface area (Å²) in [5.41, 5.74) is 16.1. The van der Waals surface area contributed by atoms with Gasteiger partial charge in [0.05, 0.1) is 17.1 Å². The lowest BCUT2D eigenvalue weighted by molar-refractivity contribution is 0.424. The molecule has 4 heteroatoms. The molecule has 6 aromatic carbocycles. The molecule has 0 fully saturated rings. The van der Waals surface area contributed by atoms with Crippen molar-refractivity contribution in [3.63, 3.8) is 0 Å². The first-order valence-electron chi connectivity index (χ1n) is 16.8. The van der Waals surface area contributed by atoms with E-state index in [0.29, 0.717) is 0 Å². The Bertz CT molecular complexity index is 2470. The normalized spacial score (nSPS) is 19.7. The highest BCUT2D eigenvalue weighted by molar-refractivity contribution is 6.95. The molecule has 0 spiro atoms. The van der Waals surface area contributed by atoms with Gasteiger partial charge >= 0.3 is 0 Å². The molecule has 47 heavy (non-hydrogen) atoms. The Morgan fingerprint density at radius 3 is 2.11 bits per heavy atom. The van der Waals surface area contributed by atoms with Gasteiger partial charge in [0.2, 0.25) is 0 Å². The summed E-state index contributed by atoms with van der Waals surface area (Å²) in [4.78, 5) is 5.40. The number of nitrogens with zero attached hydrogens (tertiary/aromatic N) is 3. The van der Waals surface area contributed by atoms with Gasteiger partial charge in [-0.15, -0.1) is 0 Å². The summed E-state index contributed by atoms with van der Waals surface area (Å²) in [6, 6.07) is 54.6. The molecule has 0 saturated carbocycles. The van der Waals surface area contributed by atoms with Crippen LogP contribution in [0.5, 0.6) is 0 Å². The summed E-state index contributed by atoms with van der Waals surface area (Å²) in [6.07, 6.45) is 0. The molecule has 11 rings (SSSR count). The highest BCUT2D eigenvalue weighted by Gasteiger charge is 2.61. The number of rotatable bonds is 2. The van der Waals surface area contributed by atoms with Gasteiger partial charge < -0.3 is 14.4 Å². The molecule has 0 radical (unpaired) electrons. The van der Waals surface area contributed by atoms with E-state index in [0.717, 1.165) is 0 Å². The van der Waals surface area contributed by atoms with E-state index in [9.17, 15) is 0 Å². The number of anilines is 3. The van der Waals surface area contributed by atoms with Crippen molar-refractivity contribution in [2.24, 2.45) is 0 Å². The van der Waals surface area contributed by atoms with Crippen molar-refractivity contribution in [3.05, 3.63) is 168 Å². The van der Waals surface area contributed by atoms with Crippen LogP contribution < -0.4 is 20.7 Å². The van der Waals surface area contributed by atoms with Crippen molar-refractivity contribution in [2.45, 2.75) is 31.2 Å². The van der Waals surface area contributed by atoms with Crippen LogP contribution in [0.15, 0.2) is 157 Å². The summed E-state index contributed by atoms with van der Waals surface area (Å²) in [6.45, 7) is 5.02. The van der Waals surface area contributed by atoms with Crippen molar-refractivity contribution in [1.82, 2.24) is 4.57 Å². The van der Waals surface area contributed by atoms with Gasteiger partial charge in [0.1, 0.15) is 0 Å². The first-order chi connectivity index (χ1) is 23.1. The van der Waals surface area contributed by atoms with Gasteiger partial charge in [-0.25, -0.2) is 0 Å². The molecule has 1 aromatic heterocycles. The third-order valence-electron chi connectivity index (χ3n) is 11.6. The second kappa shape index (κ2) is 8.86. The van der Waals surface area contributed by atoms with E-state index in [1.54, 1.807) is 0 Å². The number of hydrogen-bond acceptors (Lipinski definition) is 2. The molecule has 0 bridgehead atoms. The molecular weight excluding hydrogens is 569 g/mol. The SMILES string of the molecule is CC1(C)c2ccccc2C2C3=C(B4c5ccccc5-n5c6ccccc6c6ccc(c4c65)N3c3ccccc3)N(c3ccccc3)C21. The molecule has 3 nitrogen and oxygen atoms in total. The zero-order chi connectivity index (χ0) is 31.0. The van der Waals surface area contributed by atoms with Crippen molar-refractivity contribution in [1.29, 1.82) is 0 Å². The molecule has 4 heterocycles. The Kier molecular flexibility index (Phi) is 4.84. The predicted molar refractivity (Wildman–Crippen MR) is 196 cm³/mol. The lowest BCUT2D eigenvalue weighted by Gasteiger charge is -2.43. The molecule has 2 unspecified atom stereocenters. The molecule has 1 aliphatic carbocycles. The maximum Gasteiger partial charge on any atom is 0.272 e. The fourth-order valence-electron chi connectivity index (χ4n) is 9.89. The van der Waals surface area contributed by atoms with Crippen LogP contribution in [0, 0.1) is 0 Å². The quantitative estimate of drug-likeness (QED) is 0.184. The van der Waals surface area contributed by atoms with Crippen LogP contribution in [0.1, 0.15) is 30.9 Å². The van der Waals surface area contributed by atoms with Crippen molar-refractivity contribution in [3.8, 4) is 5.69 Å². The highest BCUT2D eigenvalue weighted by Crippen LogP contribution is 2.61. The fourth-order valence-corrected chi connectivity index (χ4v) is 9.89. The van der Waals surface area contributed by atoms with Gasteiger partial charge in [-0.3, -0.25) is 0 Å². The van der Waals surface area contributed by atoms with Crippen molar-refractivity contribution < 1.29 is 0 Å². The highest BCUT2D eigenvalue weighted by atomic mass is 15.3. The first-order valence-corrected chi connectivity index (χ1v) is 16.8. The fraction of sp³-hybridized carbons (Fsp3) is 0.116. The van der Waals surface area contributed by atoms with Gasteiger partial charge in [0, 0.05) is 56.1 Å². The molecule has 4 aliphatic rings. The number of hydrogen-bond donors (Lipinski definition) is 0. The zero-order valence-electron chi connectivity index (χ0n) is 26.4. The van der Waals surface area contributed by atoms with E-state index in [1.165, 1.54) is 77.9 Å². The molecular formula is C43H32BN3. The number of para-hydroxylation sites is 4. The Labute approximate surface area is 275 Å². The minimum absolute atomic E-state index is 0.0820. The molecule has 222 valence electrons. The van der Waals surface area contributed by atoms with Crippen LogP contribution in [0.2, 0.25) is 0 Å². The van der Waals surface area contributed by atoms with Gasteiger partial charge in [-0.2, -0.15) is 0 Å². The van der Waals surface area contributed by atoms with Crippen LogP contribution in [-0.4, -0.2) is 17.3 Å². The van der Waals surface area contributed by atoms with E-state index in [4.69, 9.17) is 0 Å². The second-order valence-corrected chi connectivity index (χ2v) is 14.1. The summed E-state index contributed by atoms with van der Waals surface area (Å²) in [5, 5.41) is 2.64. The third-order valence-corrected chi connectivity index (χ3v) is 11.6. The molecule has 0 saturated heterocycles. The van der Waals surface area contributed by atoms with E-state index in [2.05, 4.69) is 174 Å². The average molecular weight is 602 g/mol. The number of benzene rings is 6. The Morgan fingerprint density at radius 2 is 1.28 bits per heavy atom. The molecule has 0 amide bonds. The maximum absolute atomic E-state index is 2.76. The molecule has 7 aromatic rings. The Hall–Kier alpha value is -5.48. The number of fused-ring (bicyclic) bond motifs is 11. The van der Waals surface area contributed by atoms with E-state index in [1.807, 2.05) is 0 Å². The van der Waals surface area contributed by atoms with Gasteiger partial charge in [-0.05, 0) is 64.5 Å². The minimum Gasteiger partial charge on any atom is -0.346 e. The van der Waals surface area contributed by atoms with Crippen LogP contribution in [0.3, 0.4) is 0 Å². The standard InChI is InChI=1S/C43H32BN3/c1-43(2)32-21-11-9-20-31(32)37-40-42(46(41(37)43)28-17-7-4-8-18-28)44-33-22-12-14-24-35(33)47-34-23-13-10-19-29(34)30-25-26-36(38(44)39(30)47)45(40)27-15-5-3-6-16-27/h3-26,37,41H,1-2H3. The largest absolute Gasteiger partial charge is 0.346 e. The van der Waals surface area contributed by atoms with Crippen LogP contribution in [0.4, 0.5) is 17.1 Å². The smallest absolute Gasteiger partial charge is 0.272 e. The Morgan fingerprint density at radius 1 is 0.596 bits per heavy atom. The first kappa shape index (κ1) is 25.7. The Balaban J connectivity index is 1.34. The van der Waals surface area contributed by atoms with E-state index >= 15 is 0 Å². The van der Waals surface area contributed by atoms with E-state index in [-0.39, 0.29) is 24.1 Å². The van der Waals surface area contributed by atoms with Crippen molar-refractivity contribution >= 4 is 56.5 Å². The molecule has 2 atom stereocenters. The summed E-state index contributed by atoms with van der Waals surface area (Å²) < 4.78 is 2.55. The molecule has 0 N–H and O–H groups in total. The van der Waals surface area contributed by atoms with Crippen LogP contribution in [0.25, 0.3) is 27.5 Å². The van der Waals surface area contributed by atoms with Gasteiger partial charge in [-0.1, -0.05) is 117 Å². The van der Waals surface area contributed by atoms with Crippen LogP contribution in [-0.2, 0) is 5.41 Å². The van der Waals surface area contributed by atoms with Crippen LogP contribution >= 0.6 is 0 Å². The lowest BCUT2D eigenvalue weighted by atomic mass is 9.35. The summed E-state index contributed by atoms with van der Waals surface area (Å²) in [7, 11) is 0. The maximum atomic E-state index is 2.76. The summed E-state index contributed by atoms with van der Waals surface area (Å²) >= 11 is 0. The van der Waals surface area contributed by atoms with Gasteiger partial charge in [0.25, 0.3) is 6.71 Å². The minimum atomic E-state index is -0.0820. The topological polar surface area (TPSA) is 11.4 Å². The number of aromatic nitrogens is 1. The zero-order valence-corrected chi connectivity index (χ0v) is 26.4. The van der Waals surface area contributed by atoms with Crippen molar-refractivity contribution in [2.75, 3.05) is 9.80 Å². The summed E-state index contributed by atoms with van der Waals surface area (Å²) in [5.74, 6) is 0.209. The van der Waals surface area contributed by atoms with E-state index < -0.39 is 0 Å². The van der Waals surface area contributed by atoms with Gasteiger partial charge in [0.15, 0.2) is 0 Å². The second-order valence-electron chi connectivity index (χ2n) is 14.1. The predicted octanol–water partition coefficient (Wildman–Crippen LogP) is 8.57.